The van der Waals surface area contributed by atoms with Gasteiger partial charge in [-0.15, -0.1) is 0 Å². The molecule has 2 atom stereocenters. The predicted octanol–water partition coefficient (Wildman–Crippen LogP) is 8.74. The molecule has 0 aliphatic carbocycles. The molecule has 196 valence electrons. The van der Waals surface area contributed by atoms with Crippen LogP contribution >= 0.6 is 0 Å². The zero-order valence-electron chi connectivity index (χ0n) is 22.3. The van der Waals surface area contributed by atoms with Crippen LogP contribution in [-0.2, 0) is 0 Å². The Morgan fingerprint density at radius 1 is 0.561 bits per heavy atom. The third-order valence-corrected chi connectivity index (χ3v) is 7.94. The number of benzene rings is 6. The van der Waals surface area contributed by atoms with E-state index >= 15 is 0 Å². The van der Waals surface area contributed by atoms with Crippen molar-refractivity contribution in [3.8, 4) is 11.1 Å². The fourth-order valence-electron chi connectivity index (χ4n) is 5.90. The number of nitrogens with zero attached hydrogens (tertiary/aromatic N) is 1. The molecule has 2 N–H and O–H groups in total. The van der Waals surface area contributed by atoms with Crippen molar-refractivity contribution in [1.82, 2.24) is 10.6 Å². The highest BCUT2D eigenvalue weighted by atomic mass is 16.3. The van der Waals surface area contributed by atoms with Crippen molar-refractivity contribution in [3.63, 3.8) is 0 Å². The lowest BCUT2D eigenvalue weighted by Crippen LogP contribution is -2.45. The summed E-state index contributed by atoms with van der Waals surface area (Å²) in [5, 5.41) is 12.0. The van der Waals surface area contributed by atoms with Gasteiger partial charge in [0.15, 0.2) is 0 Å². The van der Waals surface area contributed by atoms with Gasteiger partial charge in [0.25, 0.3) is 0 Å². The van der Waals surface area contributed by atoms with Crippen LogP contribution in [0.5, 0.6) is 0 Å². The Hall–Kier alpha value is -5.19. The Balaban J connectivity index is 1.24. The van der Waals surface area contributed by atoms with Crippen molar-refractivity contribution in [1.29, 1.82) is 0 Å². The minimum atomic E-state index is -0.233. The zero-order valence-corrected chi connectivity index (χ0v) is 22.3. The minimum Gasteiger partial charge on any atom is -0.456 e. The lowest BCUT2D eigenvalue weighted by Gasteiger charge is -2.32. The van der Waals surface area contributed by atoms with Gasteiger partial charge in [-0.2, -0.15) is 0 Å². The SMILES string of the molecule is c1ccc(-c2ccc3cc(C4N=C(c5cccc6oc7ccccc7c56)NC(c5ccccc5)N4)ccc3c2)cc1. The van der Waals surface area contributed by atoms with Crippen LogP contribution in [0.4, 0.5) is 0 Å². The van der Waals surface area contributed by atoms with Gasteiger partial charge in [0.1, 0.15) is 29.3 Å². The highest BCUT2D eigenvalue weighted by Gasteiger charge is 2.27. The van der Waals surface area contributed by atoms with Crippen molar-refractivity contribution < 1.29 is 4.42 Å². The number of furan rings is 1. The van der Waals surface area contributed by atoms with E-state index in [0.29, 0.717) is 0 Å². The first-order chi connectivity index (χ1) is 20.3. The molecule has 6 aromatic carbocycles. The van der Waals surface area contributed by atoms with E-state index < -0.39 is 0 Å². The standard InChI is InChI=1S/C37H27N3O/c1-3-10-24(11-4-1)26-18-19-28-23-29(21-20-27(28)22-26)36-38-35(25-12-5-2-6-13-25)39-37(40-36)31-15-9-17-33-34(31)30-14-7-8-16-32(30)41-33/h1-23,35-36,38H,(H,39,40). The van der Waals surface area contributed by atoms with Crippen LogP contribution in [0.1, 0.15) is 29.0 Å². The van der Waals surface area contributed by atoms with Crippen molar-refractivity contribution in [2.45, 2.75) is 12.3 Å². The molecule has 7 aromatic rings. The molecule has 8 rings (SSSR count). The molecular weight excluding hydrogens is 502 g/mol. The Morgan fingerprint density at radius 3 is 2.17 bits per heavy atom. The average molecular weight is 530 g/mol. The van der Waals surface area contributed by atoms with Gasteiger partial charge in [0.05, 0.1) is 0 Å². The second-order valence-corrected chi connectivity index (χ2v) is 10.5. The van der Waals surface area contributed by atoms with Crippen LogP contribution in [0.15, 0.2) is 149 Å². The molecule has 0 bridgehead atoms. The zero-order chi connectivity index (χ0) is 27.2. The first kappa shape index (κ1) is 23.7. The molecule has 0 saturated carbocycles. The largest absolute Gasteiger partial charge is 0.456 e. The van der Waals surface area contributed by atoms with E-state index in [1.165, 1.54) is 21.9 Å². The summed E-state index contributed by atoms with van der Waals surface area (Å²) in [5.74, 6) is 0.847. The van der Waals surface area contributed by atoms with E-state index in [-0.39, 0.29) is 12.3 Å². The van der Waals surface area contributed by atoms with Crippen LogP contribution in [0.2, 0.25) is 0 Å². The van der Waals surface area contributed by atoms with Gasteiger partial charge in [-0.3, -0.25) is 5.32 Å². The van der Waals surface area contributed by atoms with Gasteiger partial charge in [0.2, 0.25) is 0 Å². The van der Waals surface area contributed by atoms with Crippen molar-refractivity contribution in [3.05, 3.63) is 156 Å². The molecule has 0 spiro atoms. The number of para-hydroxylation sites is 1. The second kappa shape index (κ2) is 9.77. The topological polar surface area (TPSA) is 49.6 Å². The van der Waals surface area contributed by atoms with E-state index in [1.54, 1.807) is 0 Å². The summed E-state index contributed by atoms with van der Waals surface area (Å²) in [6.45, 7) is 0. The molecule has 1 aliphatic heterocycles. The maximum atomic E-state index is 6.20. The molecule has 0 fully saturated rings. The van der Waals surface area contributed by atoms with Gasteiger partial charge in [-0.25, -0.2) is 4.99 Å². The fraction of sp³-hybridized carbons (Fsp3) is 0.0541. The molecule has 0 radical (unpaired) electrons. The summed E-state index contributed by atoms with van der Waals surface area (Å²) in [6.07, 6.45) is -0.346. The maximum absolute atomic E-state index is 6.20. The van der Waals surface area contributed by atoms with E-state index in [2.05, 4.69) is 120 Å². The minimum absolute atomic E-state index is 0.113. The number of nitrogens with one attached hydrogen (secondary N) is 2. The Kier molecular flexibility index (Phi) is 5.64. The molecule has 1 aromatic heterocycles. The smallest absolute Gasteiger partial charge is 0.136 e. The maximum Gasteiger partial charge on any atom is 0.136 e. The Morgan fingerprint density at radius 2 is 1.29 bits per heavy atom. The lowest BCUT2D eigenvalue weighted by molar-refractivity contribution is 0.409. The van der Waals surface area contributed by atoms with E-state index in [0.717, 1.165) is 44.5 Å². The molecule has 41 heavy (non-hydrogen) atoms. The molecule has 0 saturated heterocycles. The molecule has 0 amide bonds. The van der Waals surface area contributed by atoms with Crippen LogP contribution < -0.4 is 10.6 Å². The highest BCUT2D eigenvalue weighted by molar-refractivity contribution is 6.18. The fourth-order valence-corrected chi connectivity index (χ4v) is 5.90. The van der Waals surface area contributed by atoms with Crippen molar-refractivity contribution in [2.75, 3.05) is 0 Å². The predicted molar refractivity (Wildman–Crippen MR) is 168 cm³/mol. The van der Waals surface area contributed by atoms with Crippen LogP contribution in [0, 0.1) is 0 Å². The average Bonchev–Trinajstić information content (AvgIpc) is 3.44. The van der Waals surface area contributed by atoms with Crippen LogP contribution in [0.25, 0.3) is 43.8 Å². The van der Waals surface area contributed by atoms with Gasteiger partial charge < -0.3 is 9.73 Å². The monoisotopic (exact) mass is 529 g/mol. The lowest BCUT2D eigenvalue weighted by atomic mass is 9.98. The number of hydrogen-bond acceptors (Lipinski definition) is 4. The van der Waals surface area contributed by atoms with Crippen LogP contribution in [0.3, 0.4) is 0 Å². The summed E-state index contributed by atoms with van der Waals surface area (Å²) < 4.78 is 6.20. The summed E-state index contributed by atoms with van der Waals surface area (Å²) in [5.41, 5.74) is 7.49. The Bertz CT molecular complexity index is 2060. The first-order valence-electron chi connectivity index (χ1n) is 14.0. The molecule has 4 nitrogen and oxygen atoms in total. The van der Waals surface area contributed by atoms with Crippen molar-refractivity contribution in [2.24, 2.45) is 4.99 Å². The van der Waals surface area contributed by atoms with Crippen LogP contribution in [-0.4, -0.2) is 5.84 Å². The quantitative estimate of drug-likeness (QED) is 0.240. The molecule has 2 unspecified atom stereocenters. The summed E-state index contributed by atoms with van der Waals surface area (Å²) in [4.78, 5) is 5.26. The molecular formula is C37H27N3O. The Labute approximate surface area is 238 Å². The molecule has 1 aliphatic rings. The molecule has 2 heterocycles. The highest BCUT2D eigenvalue weighted by Crippen LogP contribution is 2.34. The summed E-state index contributed by atoms with van der Waals surface area (Å²) in [6, 6.07) is 48.7. The van der Waals surface area contributed by atoms with E-state index in [4.69, 9.17) is 9.41 Å². The number of hydrogen-bond donors (Lipinski definition) is 2. The number of rotatable bonds is 4. The summed E-state index contributed by atoms with van der Waals surface area (Å²) in [7, 11) is 0. The third kappa shape index (κ3) is 4.26. The molecule has 4 heteroatoms. The van der Waals surface area contributed by atoms with Gasteiger partial charge in [-0.05, 0) is 57.3 Å². The first-order valence-corrected chi connectivity index (χ1v) is 14.0. The van der Waals surface area contributed by atoms with E-state index in [1.807, 2.05) is 30.3 Å². The normalized spacial score (nSPS) is 17.0. The van der Waals surface area contributed by atoms with Crippen molar-refractivity contribution >= 4 is 38.5 Å². The van der Waals surface area contributed by atoms with E-state index in [9.17, 15) is 0 Å². The number of aliphatic imine (C=N–C) groups is 1. The number of fused-ring (bicyclic) bond motifs is 4. The van der Waals surface area contributed by atoms with Gasteiger partial charge in [0, 0.05) is 16.3 Å². The van der Waals surface area contributed by atoms with Gasteiger partial charge in [-0.1, -0.05) is 115 Å². The second-order valence-electron chi connectivity index (χ2n) is 10.5. The third-order valence-electron chi connectivity index (χ3n) is 7.94. The van der Waals surface area contributed by atoms with Gasteiger partial charge >= 0.3 is 0 Å². The summed E-state index contributed by atoms with van der Waals surface area (Å²) >= 11 is 0. The number of amidine groups is 1.